The molecule has 8 nitrogen and oxygen atoms in total. The highest BCUT2D eigenvalue weighted by molar-refractivity contribution is 8.00. The summed E-state index contributed by atoms with van der Waals surface area (Å²) in [6.45, 7) is 2.42. The van der Waals surface area contributed by atoms with Gasteiger partial charge >= 0.3 is 5.91 Å². The summed E-state index contributed by atoms with van der Waals surface area (Å²) in [4.78, 5) is 28.2. The minimum Gasteiger partial charge on any atom is -0.507 e. The summed E-state index contributed by atoms with van der Waals surface area (Å²) >= 11 is 2.71. The lowest BCUT2D eigenvalue weighted by molar-refractivity contribution is -0.132. The number of anilines is 1. The molecule has 0 aliphatic carbocycles. The number of aliphatic hydroxyl groups is 1. The van der Waals surface area contributed by atoms with E-state index in [9.17, 15) is 14.7 Å². The van der Waals surface area contributed by atoms with Crippen LogP contribution in [0.25, 0.3) is 16.5 Å². The first kappa shape index (κ1) is 29.5. The van der Waals surface area contributed by atoms with Crippen LogP contribution in [0.15, 0.2) is 124 Å². The van der Waals surface area contributed by atoms with Crippen molar-refractivity contribution in [3.63, 3.8) is 0 Å². The normalized spacial score (nSPS) is 15.9. The van der Waals surface area contributed by atoms with Crippen molar-refractivity contribution in [1.82, 2.24) is 10.2 Å². The summed E-state index contributed by atoms with van der Waals surface area (Å²) in [5, 5.41) is 22.6. The number of fused-ring (bicyclic) bond motifs is 1. The average Bonchev–Trinajstić information content (AvgIpc) is 3.84. The van der Waals surface area contributed by atoms with E-state index in [1.54, 1.807) is 36.4 Å². The lowest BCUT2D eigenvalue weighted by atomic mass is 9.99. The van der Waals surface area contributed by atoms with Gasteiger partial charge in [-0.2, -0.15) is 0 Å². The highest BCUT2D eigenvalue weighted by Gasteiger charge is 2.49. The first-order valence-electron chi connectivity index (χ1n) is 14.5. The van der Waals surface area contributed by atoms with Crippen molar-refractivity contribution < 1.29 is 23.8 Å². The molecule has 1 aliphatic heterocycles. The van der Waals surface area contributed by atoms with Crippen LogP contribution in [0.3, 0.4) is 0 Å². The SMILES string of the molecule is Cc1ccccc1COc1ccc(C(O)=C2C(=O)C(=O)N(c3nnc(SCc4cccc5ccccc45)s3)C2c2ccco2)cc1. The zero-order chi connectivity index (χ0) is 31.6. The van der Waals surface area contributed by atoms with Gasteiger partial charge in [0.15, 0.2) is 4.34 Å². The number of carbonyl (C=O) groups is 2. The van der Waals surface area contributed by atoms with Crippen LogP contribution >= 0.6 is 23.1 Å². The van der Waals surface area contributed by atoms with Crippen LogP contribution in [-0.4, -0.2) is 27.0 Å². The summed E-state index contributed by atoms with van der Waals surface area (Å²) in [5.41, 5.74) is 3.63. The van der Waals surface area contributed by atoms with Crippen LogP contribution in [-0.2, 0) is 21.9 Å². The number of Topliss-reactive ketones (excluding diaryl/α,β-unsaturated/α-hetero) is 1. The Hall–Kier alpha value is -5.19. The molecule has 2 aromatic heterocycles. The number of hydrogen-bond donors (Lipinski definition) is 1. The van der Waals surface area contributed by atoms with E-state index in [0.717, 1.165) is 27.5 Å². The van der Waals surface area contributed by atoms with E-state index < -0.39 is 17.7 Å². The second-order valence-corrected chi connectivity index (χ2v) is 12.9. The zero-order valence-corrected chi connectivity index (χ0v) is 26.3. The first-order valence-corrected chi connectivity index (χ1v) is 16.3. The number of thioether (sulfide) groups is 1. The molecular weight excluding hydrogens is 619 g/mol. The molecule has 228 valence electrons. The minimum absolute atomic E-state index is 0.0892. The van der Waals surface area contributed by atoms with Crippen LogP contribution in [0.5, 0.6) is 5.75 Å². The van der Waals surface area contributed by atoms with Gasteiger partial charge in [0.25, 0.3) is 5.78 Å². The van der Waals surface area contributed by atoms with Gasteiger partial charge in [-0.1, -0.05) is 89.8 Å². The molecule has 1 fully saturated rings. The Labute approximate surface area is 273 Å². The van der Waals surface area contributed by atoms with Gasteiger partial charge in [0.05, 0.1) is 11.8 Å². The highest BCUT2D eigenvalue weighted by atomic mass is 32.2. The summed E-state index contributed by atoms with van der Waals surface area (Å²) in [5.74, 6) is -0.393. The molecule has 1 unspecified atom stereocenters. The van der Waals surface area contributed by atoms with E-state index in [1.807, 2.05) is 49.4 Å². The fraction of sp³-hybridized carbons (Fsp3) is 0.111. The number of ketones is 1. The summed E-state index contributed by atoms with van der Waals surface area (Å²) < 4.78 is 12.3. The molecule has 1 aliphatic rings. The number of carbonyl (C=O) groups excluding carboxylic acids is 2. The third-order valence-electron chi connectivity index (χ3n) is 7.87. The molecule has 0 saturated carbocycles. The summed E-state index contributed by atoms with van der Waals surface area (Å²) in [7, 11) is 0. The lowest BCUT2D eigenvalue weighted by Gasteiger charge is -2.20. The maximum absolute atomic E-state index is 13.5. The fourth-order valence-corrected chi connectivity index (χ4v) is 7.33. The minimum atomic E-state index is -1.02. The molecule has 46 heavy (non-hydrogen) atoms. The van der Waals surface area contributed by atoms with Crippen LogP contribution in [0, 0.1) is 6.92 Å². The molecule has 0 radical (unpaired) electrons. The molecule has 1 saturated heterocycles. The Morgan fingerprint density at radius 3 is 2.48 bits per heavy atom. The summed E-state index contributed by atoms with van der Waals surface area (Å²) in [6, 6.07) is 31.4. The topological polar surface area (TPSA) is 106 Å². The van der Waals surface area contributed by atoms with Gasteiger partial charge in [0.1, 0.15) is 29.9 Å². The number of aryl methyl sites for hydroxylation is 1. The molecular formula is C36H27N3O5S2. The van der Waals surface area contributed by atoms with Crippen LogP contribution < -0.4 is 9.64 Å². The molecule has 3 heterocycles. The molecule has 0 spiro atoms. The van der Waals surface area contributed by atoms with Crippen molar-refractivity contribution in [2.75, 3.05) is 4.90 Å². The number of aromatic nitrogens is 2. The molecule has 6 aromatic rings. The molecule has 10 heteroatoms. The monoisotopic (exact) mass is 645 g/mol. The number of benzene rings is 4. The van der Waals surface area contributed by atoms with Gasteiger partial charge in [-0.25, -0.2) is 0 Å². The predicted octanol–water partition coefficient (Wildman–Crippen LogP) is 8.09. The quantitative estimate of drug-likeness (QED) is 0.0553. The second-order valence-electron chi connectivity index (χ2n) is 10.7. The van der Waals surface area contributed by atoms with Gasteiger partial charge in [0.2, 0.25) is 5.13 Å². The van der Waals surface area contributed by atoms with Gasteiger partial charge in [-0.05, 0) is 70.8 Å². The van der Waals surface area contributed by atoms with Gasteiger partial charge in [-0.15, -0.1) is 10.2 Å². The van der Waals surface area contributed by atoms with Crippen molar-refractivity contribution in [3.8, 4) is 5.75 Å². The molecule has 1 N–H and O–H groups in total. The molecule has 1 amide bonds. The molecule has 1 atom stereocenters. The van der Waals surface area contributed by atoms with Crippen molar-refractivity contribution in [2.45, 2.75) is 29.7 Å². The number of nitrogens with zero attached hydrogens (tertiary/aromatic N) is 3. The second kappa shape index (κ2) is 12.7. The van der Waals surface area contributed by atoms with E-state index in [4.69, 9.17) is 9.15 Å². The zero-order valence-electron chi connectivity index (χ0n) is 24.6. The molecule has 4 aromatic carbocycles. The Balaban J connectivity index is 1.15. The number of rotatable bonds is 9. The Bertz CT molecular complexity index is 2080. The third-order valence-corrected chi connectivity index (χ3v) is 9.98. The molecule has 0 bridgehead atoms. The van der Waals surface area contributed by atoms with Gasteiger partial charge < -0.3 is 14.3 Å². The maximum Gasteiger partial charge on any atom is 0.302 e. The lowest BCUT2D eigenvalue weighted by Crippen LogP contribution is -2.29. The molecule has 7 rings (SSSR count). The van der Waals surface area contributed by atoms with Crippen molar-refractivity contribution in [1.29, 1.82) is 0 Å². The standard InChI is InChI=1S/C36H27N3O5S2/c1-22-8-2-3-10-25(22)20-44-27-17-15-24(16-18-27)32(40)30-31(29-14-7-19-43-29)39(34(42)33(30)41)35-37-38-36(46-35)45-21-26-12-6-11-23-9-4-5-13-28(23)26/h2-19,31,40H,20-21H2,1H3. The van der Waals surface area contributed by atoms with Crippen molar-refractivity contribution in [2.24, 2.45) is 0 Å². The van der Waals surface area contributed by atoms with Crippen molar-refractivity contribution in [3.05, 3.63) is 143 Å². The average molecular weight is 646 g/mol. The number of hydrogen-bond acceptors (Lipinski definition) is 9. The van der Waals surface area contributed by atoms with E-state index in [0.29, 0.717) is 33.8 Å². The summed E-state index contributed by atoms with van der Waals surface area (Å²) in [6.07, 6.45) is 1.46. The van der Waals surface area contributed by atoms with Crippen LogP contribution in [0.1, 0.15) is 34.1 Å². The van der Waals surface area contributed by atoms with Gasteiger partial charge in [0, 0.05) is 11.3 Å². The largest absolute Gasteiger partial charge is 0.507 e. The van der Waals surface area contributed by atoms with Crippen LogP contribution in [0.4, 0.5) is 5.13 Å². The highest BCUT2D eigenvalue weighted by Crippen LogP contribution is 2.44. The van der Waals surface area contributed by atoms with Crippen molar-refractivity contribution >= 4 is 56.5 Å². The van der Waals surface area contributed by atoms with Gasteiger partial charge in [-0.3, -0.25) is 14.5 Å². The smallest absolute Gasteiger partial charge is 0.302 e. The van der Waals surface area contributed by atoms with E-state index in [1.165, 1.54) is 34.3 Å². The number of furan rings is 1. The predicted molar refractivity (Wildman–Crippen MR) is 179 cm³/mol. The Morgan fingerprint density at radius 1 is 0.913 bits per heavy atom. The number of amides is 1. The Morgan fingerprint density at radius 2 is 1.67 bits per heavy atom. The van der Waals surface area contributed by atoms with E-state index in [2.05, 4.69) is 34.5 Å². The fourth-order valence-electron chi connectivity index (χ4n) is 5.46. The number of aliphatic hydroxyl groups excluding tert-OH is 1. The number of ether oxygens (including phenoxy) is 1. The van der Waals surface area contributed by atoms with Crippen LogP contribution in [0.2, 0.25) is 0 Å². The van der Waals surface area contributed by atoms with E-state index in [-0.39, 0.29) is 16.5 Å². The Kier molecular flexibility index (Phi) is 8.13. The maximum atomic E-state index is 13.5. The first-order chi connectivity index (χ1) is 22.5. The van der Waals surface area contributed by atoms with E-state index >= 15 is 0 Å². The third kappa shape index (κ3) is 5.68.